The second-order valence-corrected chi connectivity index (χ2v) is 8.33. The molecule has 5 rings (SSSR count). The molecule has 5 heteroatoms. The first-order chi connectivity index (χ1) is 14.2. The van der Waals surface area contributed by atoms with Crippen LogP contribution in [-0.2, 0) is 19.4 Å². The lowest BCUT2D eigenvalue weighted by molar-refractivity contribution is 0.154. The summed E-state index contributed by atoms with van der Waals surface area (Å²) in [4.78, 5) is 17.8. The van der Waals surface area contributed by atoms with Gasteiger partial charge in [0, 0.05) is 42.1 Å². The number of H-pyrrole nitrogens is 1. The third-order valence-electron chi connectivity index (χ3n) is 6.25. The lowest BCUT2D eigenvalue weighted by Crippen LogP contribution is -2.38. The Hall–Kier alpha value is -2.79. The summed E-state index contributed by atoms with van der Waals surface area (Å²) >= 11 is 0. The van der Waals surface area contributed by atoms with Crippen molar-refractivity contribution in [3.63, 3.8) is 0 Å². The minimum Gasteiger partial charge on any atom is -0.391 e. The SMILES string of the molecule is O=c1[nH]c2cc3c(cc2cc1CNc1ccc(N2CCCC(O)C2)cc1)CCC3. The van der Waals surface area contributed by atoms with E-state index in [1.807, 2.05) is 18.2 Å². The molecule has 2 heterocycles. The van der Waals surface area contributed by atoms with E-state index in [-0.39, 0.29) is 11.7 Å². The van der Waals surface area contributed by atoms with E-state index in [4.69, 9.17) is 0 Å². The van der Waals surface area contributed by atoms with Gasteiger partial charge in [-0.15, -0.1) is 0 Å². The zero-order valence-electron chi connectivity index (χ0n) is 16.6. The number of nitrogens with zero attached hydrogens (tertiary/aromatic N) is 1. The Morgan fingerprint density at radius 3 is 2.66 bits per heavy atom. The lowest BCUT2D eigenvalue weighted by atomic mass is 10.0. The first kappa shape index (κ1) is 18.3. The molecule has 1 aliphatic carbocycles. The number of benzene rings is 2. The zero-order valence-corrected chi connectivity index (χ0v) is 16.6. The molecule has 1 atom stereocenters. The largest absolute Gasteiger partial charge is 0.391 e. The molecule has 29 heavy (non-hydrogen) atoms. The first-order valence-corrected chi connectivity index (χ1v) is 10.6. The smallest absolute Gasteiger partial charge is 0.253 e. The van der Waals surface area contributed by atoms with Crippen LogP contribution in [0.4, 0.5) is 11.4 Å². The van der Waals surface area contributed by atoms with Gasteiger partial charge in [0.05, 0.1) is 6.10 Å². The van der Waals surface area contributed by atoms with Gasteiger partial charge in [0.1, 0.15) is 0 Å². The lowest BCUT2D eigenvalue weighted by Gasteiger charge is -2.32. The molecule has 1 saturated heterocycles. The zero-order chi connectivity index (χ0) is 19.8. The van der Waals surface area contributed by atoms with Crippen molar-refractivity contribution in [2.45, 2.75) is 44.8 Å². The van der Waals surface area contributed by atoms with Crippen LogP contribution in [0.3, 0.4) is 0 Å². The van der Waals surface area contributed by atoms with Crippen molar-refractivity contribution in [1.29, 1.82) is 0 Å². The van der Waals surface area contributed by atoms with Crippen molar-refractivity contribution in [3.05, 3.63) is 69.5 Å². The highest BCUT2D eigenvalue weighted by Gasteiger charge is 2.18. The number of aromatic nitrogens is 1. The van der Waals surface area contributed by atoms with Gasteiger partial charge in [0.2, 0.25) is 0 Å². The monoisotopic (exact) mass is 389 g/mol. The molecule has 2 aromatic carbocycles. The summed E-state index contributed by atoms with van der Waals surface area (Å²) in [6, 6.07) is 14.6. The van der Waals surface area contributed by atoms with Gasteiger partial charge in [0.15, 0.2) is 0 Å². The molecule has 0 spiro atoms. The van der Waals surface area contributed by atoms with E-state index >= 15 is 0 Å². The van der Waals surface area contributed by atoms with Gasteiger partial charge in [-0.1, -0.05) is 0 Å². The number of hydrogen-bond donors (Lipinski definition) is 3. The molecule has 0 saturated carbocycles. The maximum atomic E-state index is 12.5. The molecular weight excluding hydrogens is 362 g/mol. The van der Waals surface area contributed by atoms with Crippen LogP contribution in [0.25, 0.3) is 10.9 Å². The van der Waals surface area contributed by atoms with E-state index in [2.05, 4.69) is 39.5 Å². The van der Waals surface area contributed by atoms with Gasteiger partial charge in [-0.25, -0.2) is 0 Å². The Morgan fingerprint density at radius 1 is 1.07 bits per heavy atom. The second kappa shape index (κ2) is 7.56. The average molecular weight is 389 g/mol. The normalized spacial score (nSPS) is 18.8. The molecule has 0 amide bonds. The molecule has 0 radical (unpaired) electrons. The fraction of sp³-hybridized carbons (Fsp3) is 0.375. The van der Waals surface area contributed by atoms with Crippen molar-refractivity contribution in [2.75, 3.05) is 23.3 Å². The maximum Gasteiger partial charge on any atom is 0.253 e. The predicted octanol–water partition coefficient (Wildman–Crippen LogP) is 3.59. The number of β-amino-alcohol motifs (C(OH)–C–C–N with tert-alkyl or cyclic N) is 1. The first-order valence-electron chi connectivity index (χ1n) is 10.6. The number of aliphatic hydroxyl groups is 1. The maximum absolute atomic E-state index is 12.5. The van der Waals surface area contributed by atoms with Gasteiger partial charge >= 0.3 is 0 Å². The van der Waals surface area contributed by atoms with Crippen molar-refractivity contribution in [1.82, 2.24) is 4.98 Å². The van der Waals surface area contributed by atoms with Gasteiger partial charge in [-0.05, 0) is 91.1 Å². The number of aromatic amines is 1. The Kier molecular flexibility index (Phi) is 4.76. The summed E-state index contributed by atoms with van der Waals surface area (Å²) < 4.78 is 0. The Bertz CT molecular complexity index is 1090. The van der Waals surface area contributed by atoms with Crippen molar-refractivity contribution in [2.24, 2.45) is 0 Å². The van der Waals surface area contributed by atoms with Gasteiger partial charge in [-0.2, -0.15) is 0 Å². The third kappa shape index (κ3) is 3.75. The molecule has 2 aliphatic rings. The van der Waals surface area contributed by atoms with Crippen LogP contribution in [0, 0.1) is 0 Å². The van der Waals surface area contributed by atoms with Crippen LogP contribution in [0.2, 0.25) is 0 Å². The topological polar surface area (TPSA) is 68.4 Å². The molecule has 1 fully saturated rings. The van der Waals surface area contributed by atoms with E-state index < -0.39 is 0 Å². The fourth-order valence-corrected chi connectivity index (χ4v) is 4.63. The van der Waals surface area contributed by atoms with Crippen molar-refractivity contribution >= 4 is 22.3 Å². The van der Waals surface area contributed by atoms with E-state index in [1.54, 1.807) is 0 Å². The molecule has 0 bridgehead atoms. The number of hydrogen-bond acceptors (Lipinski definition) is 4. The number of aliphatic hydroxyl groups excluding tert-OH is 1. The quantitative estimate of drug-likeness (QED) is 0.638. The molecule has 3 N–H and O–H groups in total. The highest BCUT2D eigenvalue weighted by Crippen LogP contribution is 2.26. The van der Waals surface area contributed by atoms with Crippen LogP contribution in [0.15, 0.2) is 47.3 Å². The van der Waals surface area contributed by atoms with Gasteiger partial charge < -0.3 is 20.3 Å². The van der Waals surface area contributed by atoms with Crippen LogP contribution in [0.5, 0.6) is 0 Å². The predicted molar refractivity (Wildman–Crippen MR) is 118 cm³/mol. The number of nitrogens with one attached hydrogen (secondary N) is 2. The number of aryl methyl sites for hydroxylation is 2. The summed E-state index contributed by atoms with van der Waals surface area (Å²) in [5.74, 6) is 0. The van der Waals surface area contributed by atoms with Crippen LogP contribution in [-0.4, -0.2) is 29.3 Å². The Morgan fingerprint density at radius 2 is 1.86 bits per heavy atom. The molecule has 3 aromatic rings. The summed E-state index contributed by atoms with van der Waals surface area (Å²) in [6.45, 7) is 2.17. The summed E-state index contributed by atoms with van der Waals surface area (Å²) in [5.41, 5.74) is 6.57. The number of fused-ring (bicyclic) bond motifs is 2. The molecular formula is C24H27N3O2. The number of pyridine rings is 1. The fourth-order valence-electron chi connectivity index (χ4n) is 4.63. The minimum absolute atomic E-state index is 0.0260. The van der Waals surface area contributed by atoms with Gasteiger partial charge in [0.25, 0.3) is 5.56 Å². The standard InChI is InChI=1S/C24H27N3O2/c28-22-5-2-10-27(15-22)21-8-6-20(7-9-21)25-14-19-12-18-11-16-3-1-4-17(16)13-23(18)26-24(19)29/h6-9,11-13,22,25,28H,1-5,10,14-15H2,(H,26,29). The van der Waals surface area contributed by atoms with E-state index in [9.17, 15) is 9.90 Å². The Labute approximate surface area is 170 Å². The number of rotatable bonds is 4. The van der Waals surface area contributed by atoms with Crippen molar-refractivity contribution in [3.8, 4) is 0 Å². The number of anilines is 2. The average Bonchev–Trinajstić information content (AvgIpc) is 3.18. The summed E-state index contributed by atoms with van der Waals surface area (Å²) in [6.07, 6.45) is 5.13. The van der Waals surface area contributed by atoms with E-state index in [1.165, 1.54) is 17.5 Å². The molecule has 1 aliphatic heterocycles. The highest BCUT2D eigenvalue weighted by molar-refractivity contribution is 5.81. The number of piperidine rings is 1. The molecule has 1 unspecified atom stereocenters. The van der Waals surface area contributed by atoms with E-state index in [0.29, 0.717) is 13.1 Å². The highest BCUT2D eigenvalue weighted by atomic mass is 16.3. The second-order valence-electron chi connectivity index (χ2n) is 8.33. The van der Waals surface area contributed by atoms with E-state index in [0.717, 1.165) is 60.1 Å². The molecule has 5 nitrogen and oxygen atoms in total. The van der Waals surface area contributed by atoms with Crippen LogP contribution >= 0.6 is 0 Å². The summed E-state index contributed by atoms with van der Waals surface area (Å²) in [7, 11) is 0. The third-order valence-corrected chi connectivity index (χ3v) is 6.25. The van der Waals surface area contributed by atoms with Crippen LogP contribution in [0.1, 0.15) is 36.0 Å². The molecule has 150 valence electrons. The van der Waals surface area contributed by atoms with Crippen LogP contribution < -0.4 is 15.8 Å². The minimum atomic E-state index is -0.234. The molecule has 1 aromatic heterocycles. The summed E-state index contributed by atoms with van der Waals surface area (Å²) in [5, 5.41) is 14.4. The van der Waals surface area contributed by atoms with Crippen molar-refractivity contribution < 1.29 is 5.11 Å². The van der Waals surface area contributed by atoms with Gasteiger partial charge in [-0.3, -0.25) is 4.79 Å². The Balaban J connectivity index is 1.30.